The lowest BCUT2D eigenvalue weighted by atomic mass is 10.1. The summed E-state index contributed by atoms with van der Waals surface area (Å²) in [4.78, 5) is 7.08. The van der Waals surface area contributed by atoms with Crippen molar-refractivity contribution in [1.82, 2.24) is 15.2 Å². The second kappa shape index (κ2) is 8.11. The number of nitrogens with one attached hydrogen (secondary N) is 1. The van der Waals surface area contributed by atoms with Crippen LogP contribution in [0.4, 0.5) is 0 Å². The van der Waals surface area contributed by atoms with Crippen LogP contribution in [0.2, 0.25) is 0 Å². The zero-order valence-electron chi connectivity index (χ0n) is 13.5. The van der Waals surface area contributed by atoms with Crippen molar-refractivity contribution in [2.75, 3.05) is 26.2 Å². The van der Waals surface area contributed by atoms with Crippen molar-refractivity contribution in [3.8, 4) is 0 Å². The highest BCUT2D eigenvalue weighted by Crippen LogP contribution is 2.17. The van der Waals surface area contributed by atoms with Crippen LogP contribution in [0.3, 0.4) is 0 Å². The van der Waals surface area contributed by atoms with Gasteiger partial charge < -0.3 is 10.2 Å². The van der Waals surface area contributed by atoms with Crippen LogP contribution in [-0.4, -0.2) is 36.1 Å². The Morgan fingerprint density at radius 2 is 1.95 bits per heavy atom. The highest BCUT2D eigenvalue weighted by Gasteiger charge is 2.04. The largest absolute Gasteiger partial charge is 0.311 e. The Morgan fingerprint density at radius 1 is 1.14 bits per heavy atom. The molecule has 1 aromatic carbocycles. The minimum atomic E-state index is 0.910. The zero-order chi connectivity index (χ0) is 15.1. The van der Waals surface area contributed by atoms with E-state index < -0.39 is 0 Å². The third kappa shape index (κ3) is 4.51. The molecule has 1 N–H and O–H groups in total. The van der Waals surface area contributed by atoms with E-state index in [0.29, 0.717) is 0 Å². The summed E-state index contributed by atoms with van der Waals surface area (Å²) in [5, 5.41) is 4.84. The molecule has 0 aliphatic rings. The average molecular weight is 285 g/mol. The highest BCUT2D eigenvalue weighted by atomic mass is 15.1. The fourth-order valence-corrected chi connectivity index (χ4v) is 2.75. The van der Waals surface area contributed by atoms with Crippen molar-refractivity contribution < 1.29 is 0 Å². The quantitative estimate of drug-likeness (QED) is 0.754. The minimum absolute atomic E-state index is 0.910. The van der Waals surface area contributed by atoms with Gasteiger partial charge in [0.1, 0.15) is 0 Å². The van der Waals surface area contributed by atoms with Crippen LogP contribution < -0.4 is 5.32 Å². The van der Waals surface area contributed by atoms with Gasteiger partial charge in [0.25, 0.3) is 0 Å². The van der Waals surface area contributed by atoms with Crippen LogP contribution in [0, 0.1) is 6.92 Å². The summed E-state index contributed by atoms with van der Waals surface area (Å²) in [5.74, 6) is 0. The Morgan fingerprint density at radius 3 is 2.71 bits per heavy atom. The van der Waals surface area contributed by atoms with Crippen LogP contribution in [0.25, 0.3) is 10.9 Å². The second-order valence-electron chi connectivity index (χ2n) is 5.55. The van der Waals surface area contributed by atoms with E-state index in [-0.39, 0.29) is 0 Å². The van der Waals surface area contributed by atoms with Crippen molar-refractivity contribution in [2.45, 2.75) is 33.7 Å². The number of fused-ring (bicyclic) bond motifs is 1. The van der Waals surface area contributed by atoms with Crippen molar-refractivity contribution in [3.63, 3.8) is 0 Å². The van der Waals surface area contributed by atoms with Gasteiger partial charge in [-0.25, -0.2) is 0 Å². The van der Waals surface area contributed by atoms with E-state index in [0.717, 1.165) is 37.4 Å². The van der Waals surface area contributed by atoms with Gasteiger partial charge >= 0.3 is 0 Å². The molecule has 0 fully saturated rings. The SMILES string of the molecule is CCCN(CC)CCNCc1cc(C)nc2ccccc12. The molecule has 0 aliphatic heterocycles. The first-order valence-corrected chi connectivity index (χ1v) is 8.03. The lowest BCUT2D eigenvalue weighted by molar-refractivity contribution is 0.287. The molecule has 21 heavy (non-hydrogen) atoms. The molecule has 0 spiro atoms. The number of hydrogen-bond acceptors (Lipinski definition) is 3. The predicted octanol–water partition coefficient (Wildman–Crippen LogP) is 3.36. The molecule has 3 heteroatoms. The van der Waals surface area contributed by atoms with Crippen molar-refractivity contribution >= 4 is 10.9 Å². The smallest absolute Gasteiger partial charge is 0.0708 e. The maximum atomic E-state index is 4.59. The summed E-state index contributed by atoms with van der Waals surface area (Å²) in [7, 11) is 0. The van der Waals surface area contributed by atoms with Crippen LogP contribution in [0.15, 0.2) is 30.3 Å². The number of aryl methyl sites for hydroxylation is 1. The lowest BCUT2D eigenvalue weighted by Crippen LogP contribution is -2.32. The topological polar surface area (TPSA) is 28.2 Å². The number of nitrogens with zero attached hydrogens (tertiary/aromatic N) is 2. The van der Waals surface area contributed by atoms with Crippen molar-refractivity contribution in [3.05, 3.63) is 41.6 Å². The summed E-state index contributed by atoms with van der Waals surface area (Å²) in [6.45, 7) is 11.9. The molecule has 1 aromatic heterocycles. The molecule has 3 nitrogen and oxygen atoms in total. The van der Waals surface area contributed by atoms with Gasteiger partial charge in [-0.15, -0.1) is 0 Å². The molecule has 0 saturated heterocycles. The molecule has 0 aliphatic carbocycles. The number of hydrogen-bond donors (Lipinski definition) is 1. The number of aromatic nitrogens is 1. The molecular formula is C18H27N3. The molecule has 0 atom stereocenters. The standard InChI is InChI=1S/C18H27N3/c1-4-11-21(5-2)12-10-19-14-16-13-15(3)20-18-9-7-6-8-17(16)18/h6-9,13,19H,4-5,10-12,14H2,1-3H3. The second-order valence-corrected chi connectivity index (χ2v) is 5.55. The van der Waals surface area contributed by atoms with Gasteiger partial charge in [-0.3, -0.25) is 4.98 Å². The molecule has 1 heterocycles. The Hall–Kier alpha value is -1.45. The number of para-hydroxylation sites is 1. The fourth-order valence-electron chi connectivity index (χ4n) is 2.75. The zero-order valence-corrected chi connectivity index (χ0v) is 13.5. The number of pyridine rings is 1. The molecule has 0 unspecified atom stereocenters. The molecule has 0 radical (unpaired) electrons. The van der Waals surface area contributed by atoms with Gasteiger partial charge in [-0.1, -0.05) is 32.0 Å². The van der Waals surface area contributed by atoms with Crippen molar-refractivity contribution in [2.24, 2.45) is 0 Å². The van der Waals surface area contributed by atoms with Gasteiger partial charge in [-0.05, 0) is 44.1 Å². The van der Waals surface area contributed by atoms with Crippen LogP contribution in [-0.2, 0) is 6.54 Å². The van der Waals surface area contributed by atoms with E-state index in [9.17, 15) is 0 Å². The lowest BCUT2D eigenvalue weighted by Gasteiger charge is -2.19. The number of benzene rings is 1. The Bertz CT molecular complexity index is 565. The molecule has 0 bridgehead atoms. The van der Waals surface area contributed by atoms with E-state index in [1.807, 2.05) is 0 Å². The van der Waals surface area contributed by atoms with E-state index in [4.69, 9.17) is 0 Å². The summed E-state index contributed by atoms with van der Waals surface area (Å²) < 4.78 is 0. The molecule has 0 saturated carbocycles. The Balaban J connectivity index is 1.94. The van der Waals surface area contributed by atoms with Gasteiger partial charge in [0, 0.05) is 30.7 Å². The van der Waals surface area contributed by atoms with Crippen LogP contribution in [0.1, 0.15) is 31.5 Å². The van der Waals surface area contributed by atoms with Gasteiger partial charge in [-0.2, -0.15) is 0 Å². The summed E-state index contributed by atoms with van der Waals surface area (Å²) in [6, 6.07) is 10.6. The Kier molecular flexibility index (Phi) is 6.15. The normalized spacial score (nSPS) is 11.4. The highest BCUT2D eigenvalue weighted by molar-refractivity contribution is 5.82. The maximum absolute atomic E-state index is 4.59. The van der Waals surface area contributed by atoms with E-state index in [1.165, 1.54) is 23.9 Å². The van der Waals surface area contributed by atoms with Crippen molar-refractivity contribution in [1.29, 1.82) is 0 Å². The molecule has 2 rings (SSSR count). The molecule has 0 amide bonds. The summed E-state index contributed by atoms with van der Waals surface area (Å²) in [5.41, 5.74) is 3.53. The number of rotatable bonds is 8. The van der Waals surface area contributed by atoms with E-state index >= 15 is 0 Å². The fraction of sp³-hybridized carbons (Fsp3) is 0.500. The van der Waals surface area contributed by atoms with Gasteiger partial charge in [0.15, 0.2) is 0 Å². The van der Waals surface area contributed by atoms with Crippen LogP contribution in [0.5, 0.6) is 0 Å². The first-order valence-electron chi connectivity index (χ1n) is 8.03. The minimum Gasteiger partial charge on any atom is -0.311 e. The average Bonchev–Trinajstić information content (AvgIpc) is 2.50. The van der Waals surface area contributed by atoms with E-state index in [2.05, 4.69) is 66.3 Å². The van der Waals surface area contributed by atoms with Crippen LogP contribution >= 0.6 is 0 Å². The van der Waals surface area contributed by atoms with Gasteiger partial charge in [0.05, 0.1) is 5.52 Å². The van der Waals surface area contributed by atoms with E-state index in [1.54, 1.807) is 0 Å². The maximum Gasteiger partial charge on any atom is 0.0708 e. The monoisotopic (exact) mass is 285 g/mol. The van der Waals surface area contributed by atoms with Gasteiger partial charge in [0.2, 0.25) is 0 Å². The third-order valence-corrected chi connectivity index (χ3v) is 3.84. The first kappa shape index (κ1) is 15.9. The summed E-state index contributed by atoms with van der Waals surface area (Å²) in [6.07, 6.45) is 1.22. The summed E-state index contributed by atoms with van der Waals surface area (Å²) >= 11 is 0. The molecular weight excluding hydrogens is 258 g/mol. The molecule has 114 valence electrons. The molecule has 2 aromatic rings. The number of likely N-dealkylation sites (N-methyl/N-ethyl adjacent to an activating group) is 1. The first-order chi connectivity index (χ1) is 10.2. The Labute approximate surface area is 128 Å². The predicted molar refractivity (Wildman–Crippen MR) is 90.6 cm³/mol. The third-order valence-electron chi connectivity index (χ3n) is 3.84.